The van der Waals surface area contributed by atoms with Crippen molar-refractivity contribution in [3.63, 3.8) is 0 Å². The first kappa shape index (κ1) is 26.7. The average Bonchev–Trinajstić information content (AvgIpc) is 3.18. The number of Topliss-reactive ketones (excluding diaryl/α,β-unsaturated/α-hetero) is 2. The number of amides is 1. The van der Waals surface area contributed by atoms with Crippen LogP contribution in [0.5, 0.6) is 0 Å². The van der Waals surface area contributed by atoms with Crippen LogP contribution in [-0.2, 0) is 11.8 Å². The van der Waals surface area contributed by atoms with E-state index < -0.39 is 17.5 Å². The summed E-state index contributed by atoms with van der Waals surface area (Å²) in [5.74, 6) is -1.68. The quantitative estimate of drug-likeness (QED) is 0.336. The second-order valence-electron chi connectivity index (χ2n) is 10.8. The fourth-order valence-corrected chi connectivity index (χ4v) is 5.40. The normalized spacial score (nSPS) is 19.4. The lowest BCUT2D eigenvalue weighted by atomic mass is 9.96. The second-order valence-corrected chi connectivity index (χ2v) is 10.8. The smallest absolute Gasteiger partial charge is 0.254 e. The molecule has 3 atom stereocenters. The van der Waals surface area contributed by atoms with Gasteiger partial charge in [-0.25, -0.2) is 4.39 Å². The standard InChI is InChI=1S/C30H36FN3O3/c1-17(2)28(35)29(36)26-16-32(7)27-12-18(3)24(13-25(26)27)30(37)34-15-19(4)33(14-20(34)5)21(6)22-8-10-23(31)11-9-22/h8-13,16-17,19-21H,14-15H2,1-7H3/t19-,20+,21?/m0/s1. The number of piperazine rings is 1. The molecule has 1 fully saturated rings. The van der Waals surface area contributed by atoms with Crippen LogP contribution < -0.4 is 0 Å². The Balaban J connectivity index is 1.62. The van der Waals surface area contributed by atoms with Crippen LogP contribution >= 0.6 is 0 Å². The molecule has 1 aromatic heterocycles. The van der Waals surface area contributed by atoms with E-state index >= 15 is 0 Å². The summed E-state index contributed by atoms with van der Waals surface area (Å²) in [6, 6.07) is 10.4. The van der Waals surface area contributed by atoms with Gasteiger partial charge in [0, 0.05) is 66.8 Å². The van der Waals surface area contributed by atoms with Crippen molar-refractivity contribution in [2.75, 3.05) is 13.1 Å². The number of aromatic nitrogens is 1. The minimum Gasteiger partial charge on any atom is -0.350 e. The molecule has 6 nitrogen and oxygen atoms in total. The Hall–Kier alpha value is -3.32. The van der Waals surface area contributed by atoms with Crippen LogP contribution in [0, 0.1) is 18.7 Å². The number of aryl methyl sites for hydroxylation is 2. The third-order valence-electron chi connectivity index (χ3n) is 7.70. The van der Waals surface area contributed by atoms with Crippen LogP contribution in [0.2, 0.25) is 0 Å². The van der Waals surface area contributed by atoms with Crippen LogP contribution in [-0.4, -0.2) is 57.0 Å². The summed E-state index contributed by atoms with van der Waals surface area (Å²) in [5, 5.41) is 0.625. The maximum absolute atomic E-state index is 13.8. The Kier molecular flexibility index (Phi) is 7.38. The minimum atomic E-state index is -0.520. The first-order chi connectivity index (χ1) is 17.4. The number of fused-ring (bicyclic) bond motifs is 1. The van der Waals surface area contributed by atoms with Gasteiger partial charge in [-0.3, -0.25) is 19.3 Å². The summed E-state index contributed by atoms with van der Waals surface area (Å²) < 4.78 is 15.2. The Morgan fingerprint density at radius 2 is 1.59 bits per heavy atom. The highest BCUT2D eigenvalue weighted by Gasteiger charge is 2.35. The molecule has 0 radical (unpaired) electrons. The number of nitrogens with zero attached hydrogens (tertiary/aromatic N) is 3. The summed E-state index contributed by atoms with van der Waals surface area (Å²) in [4.78, 5) is 43.5. The molecule has 196 valence electrons. The van der Waals surface area contributed by atoms with E-state index in [9.17, 15) is 18.8 Å². The van der Waals surface area contributed by atoms with Crippen molar-refractivity contribution in [3.8, 4) is 0 Å². The molecule has 4 rings (SSSR count). The maximum atomic E-state index is 13.8. The van der Waals surface area contributed by atoms with Gasteiger partial charge in [0.2, 0.25) is 11.6 Å². The molecular weight excluding hydrogens is 469 g/mol. The maximum Gasteiger partial charge on any atom is 0.254 e. The average molecular weight is 506 g/mol. The molecule has 0 N–H and O–H groups in total. The van der Waals surface area contributed by atoms with E-state index in [1.807, 2.05) is 48.6 Å². The van der Waals surface area contributed by atoms with Gasteiger partial charge in [-0.1, -0.05) is 26.0 Å². The van der Waals surface area contributed by atoms with E-state index in [0.717, 1.165) is 16.6 Å². The Bertz CT molecular complexity index is 1360. The lowest BCUT2D eigenvalue weighted by Crippen LogP contribution is -2.58. The fraction of sp³-hybridized carbons (Fsp3) is 0.433. The second kappa shape index (κ2) is 10.2. The monoisotopic (exact) mass is 505 g/mol. The molecule has 3 aromatic rings. The minimum absolute atomic E-state index is 0.0407. The molecular formula is C30H36FN3O3. The largest absolute Gasteiger partial charge is 0.350 e. The molecule has 1 aliphatic heterocycles. The topological polar surface area (TPSA) is 62.6 Å². The van der Waals surface area contributed by atoms with Crippen LogP contribution in [0.15, 0.2) is 42.6 Å². The summed E-state index contributed by atoms with van der Waals surface area (Å²) in [5.41, 5.74) is 3.57. The lowest BCUT2D eigenvalue weighted by Gasteiger charge is -2.47. The highest BCUT2D eigenvalue weighted by molar-refractivity contribution is 6.46. The highest BCUT2D eigenvalue weighted by atomic mass is 19.1. The van der Waals surface area contributed by atoms with Gasteiger partial charge >= 0.3 is 0 Å². The number of carbonyl (C=O) groups is 3. The van der Waals surface area contributed by atoms with Gasteiger partial charge < -0.3 is 9.47 Å². The van der Waals surface area contributed by atoms with Gasteiger partial charge in [0.25, 0.3) is 5.91 Å². The van der Waals surface area contributed by atoms with E-state index in [-0.39, 0.29) is 29.8 Å². The molecule has 1 unspecified atom stereocenters. The van der Waals surface area contributed by atoms with Crippen molar-refractivity contribution >= 4 is 28.4 Å². The lowest BCUT2D eigenvalue weighted by molar-refractivity contribution is -0.117. The molecule has 0 bridgehead atoms. The number of benzene rings is 2. The van der Waals surface area contributed by atoms with E-state index in [0.29, 0.717) is 29.6 Å². The van der Waals surface area contributed by atoms with Gasteiger partial charge in [-0.2, -0.15) is 0 Å². The number of hydrogen-bond acceptors (Lipinski definition) is 4. The zero-order chi connectivity index (χ0) is 27.2. The van der Waals surface area contributed by atoms with Crippen LogP contribution in [0.4, 0.5) is 4.39 Å². The fourth-order valence-electron chi connectivity index (χ4n) is 5.40. The van der Waals surface area contributed by atoms with Crippen molar-refractivity contribution < 1.29 is 18.8 Å². The number of rotatable bonds is 6. The Morgan fingerprint density at radius 3 is 2.22 bits per heavy atom. The number of halogens is 1. The third kappa shape index (κ3) is 4.97. The van der Waals surface area contributed by atoms with E-state index in [1.54, 1.807) is 26.1 Å². The summed E-state index contributed by atoms with van der Waals surface area (Å²) in [7, 11) is 1.84. The van der Waals surface area contributed by atoms with Crippen LogP contribution in [0.3, 0.4) is 0 Å². The molecule has 1 saturated heterocycles. The third-order valence-corrected chi connectivity index (χ3v) is 7.70. The Labute approximate surface area is 218 Å². The van der Waals surface area contributed by atoms with E-state index in [1.165, 1.54) is 12.1 Å². The SMILES string of the molecule is Cc1cc2c(cc1C(=O)N1C[C@H](C)N(C(C)c3ccc(F)cc3)C[C@H]1C)c(C(=O)C(=O)C(C)C)cn2C. The molecule has 2 aromatic carbocycles. The molecule has 2 heterocycles. The molecule has 0 spiro atoms. The van der Waals surface area contributed by atoms with Gasteiger partial charge in [-0.05, 0) is 63.1 Å². The molecule has 1 aliphatic rings. The number of ketones is 2. The van der Waals surface area contributed by atoms with Crippen molar-refractivity contribution in [2.24, 2.45) is 13.0 Å². The van der Waals surface area contributed by atoms with Gasteiger partial charge in [0.15, 0.2) is 0 Å². The number of carbonyl (C=O) groups excluding carboxylic acids is 3. The van der Waals surface area contributed by atoms with Crippen molar-refractivity contribution in [2.45, 2.75) is 59.7 Å². The molecule has 0 saturated carbocycles. The van der Waals surface area contributed by atoms with E-state index in [4.69, 9.17) is 0 Å². The summed E-state index contributed by atoms with van der Waals surface area (Å²) >= 11 is 0. The molecule has 0 aliphatic carbocycles. The van der Waals surface area contributed by atoms with Crippen molar-refractivity contribution in [1.29, 1.82) is 0 Å². The van der Waals surface area contributed by atoms with Crippen LogP contribution in [0.25, 0.3) is 10.9 Å². The number of hydrogen-bond donors (Lipinski definition) is 0. The molecule has 37 heavy (non-hydrogen) atoms. The van der Waals surface area contributed by atoms with Crippen LogP contribution in [0.1, 0.15) is 72.5 Å². The van der Waals surface area contributed by atoms with Gasteiger partial charge in [0.05, 0.1) is 5.56 Å². The van der Waals surface area contributed by atoms with Crippen molar-refractivity contribution in [1.82, 2.24) is 14.4 Å². The predicted molar refractivity (Wildman–Crippen MR) is 143 cm³/mol. The zero-order valence-corrected chi connectivity index (χ0v) is 22.7. The Morgan fingerprint density at radius 1 is 0.946 bits per heavy atom. The first-order valence-electron chi connectivity index (χ1n) is 12.9. The van der Waals surface area contributed by atoms with Gasteiger partial charge in [0.1, 0.15) is 5.82 Å². The summed E-state index contributed by atoms with van der Waals surface area (Å²) in [6.07, 6.45) is 1.68. The van der Waals surface area contributed by atoms with E-state index in [2.05, 4.69) is 18.7 Å². The van der Waals surface area contributed by atoms with Gasteiger partial charge in [-0.15, -0.1) is 0 Å². The van der Waals surface area contributed by atoms with Crippen molar-refractivity contribution in [3.05, 3.63) is 70.7 Å². The predicted octanol–water partition coefficient (Wildman–Crippen LogP) is 5.33. The zero-order valence-electron chi connectivity index (χ0n) is 22.7. The molecule has 7 heteroatoms. The molecule has 1 amide bonds. The first-order valence-corrected chi connectivity index (χ1v) is 12.9. The summed E-state index contributed by atoms with van der Waals surface area (Å²) in [6.45, 7) is 12.8. The highest BCUT2D eigenvalue weighted by Crippen LogP contribution is 2.31.